The van der Waals surface area contributed by atoms with E-state index in [0.29, 0.717) is 0 Å². The second kappa shape index (κ2) is 4.40. The largest absolute Gasteiger partial charge is 0.268 e. The summed E-state index contributed by atoms with van der Waals surface area (Å²) in [6.07, 6.45) is 1.77. The highest BCUT2D eigenvalue weighted by molar-refractivity contribution is 7.13. The molecule has 0 bridgehead atoms. The summed E-state index contributed by atoms with van der Waals surface area (Å²) < 4.78 is 0. The summed E-state index contributed by atoms with van der Waals surface area (Å²) in [5.41, 5.74) is 1.60. The Morgan fingerprint density at radius 2 is 2.40 bits per heavy atom. The Kier molecular flexibility index (Phi) is 2.97. The van der Waals surface area contributed by atoms with Crippen molar-refractivity contribution in [3.8, 4) is 10.6 Å². The second-order valence-electron chi connectivity index (χ2n) is 3.33. The zero-order chi connectivity index (χ0) is 10.7. The molecule has 2 heterocycles. The maximum absolute atomic E-state index is 11.4. The van der Waals surface area contributed by atoms with E-state index >= 15 is 0 Å². The first-order valence-electron chi connectivity index (χ1n) is 4.93. The van der Waals surface area contributed by atoms with Gasteiger partial charge in [0.25, 0.3) is 5.56 Å². The van der Waals surface area contributed by atoms with E-state index in [1.54, 1.807) is 11.3 Å². The van der Waals surface area contributed by atoms with E-state index in [4.69, 9.17) is 0 Å². The zero-order valence-electron chi connectivity index (χ0n) is 8.49. The highest BCUT2D eigenvalue weighted by Crippen LogP contribution is 2.21. The van der Waals surface area contributed by atoms with Crippen LogP contribution in [0.25, 0.3) is 10.6 Å². The lowest BCUT2D eigenvalue weighted by atomic mass is 10.1. The summed E-state index contributed by atoms with van der Waals surface area (Å²) in [5, 5.41) is 8.58. The topological polar surface area (TPSA) is 45.8 Å². The van der Waals surface area contributed by atoms with Crippen molar-refractivity contribution in [3.05, 3.63) is 39.5 Å². The number of aromatic nitrogens is 2. The third-order valence-electron chi connectivity index (χ3n) is 2.17. The number of H-pyrrole nitrogens is 1. The van der Waals surface area contributed by atoms with E-state index < -0.39 is 0 Å². The molecule has 15 heavy (non-hydrogen) atoms. The van der Waals surface area contributed by atoms with Gasteiger partial charge in [-0.2, -0.15) is 5.10 Å². The van der Waals surface area contributed by atoms with Crippen LogP contribution in [-0.2, 0) is 6.42 Å². The Balaban J connectivity index is 2.43. The van der Waals surface area contributed by atoms with Gasteiger partial charge in [0.15, 0.2) is 0 Å². The summed E-state index contributed by atoms with van der Waals surface area (Å²) in [6.45, 7) is 2.06. The molecule has 0 fully saturated rings. The fourth-order valence-corrected chi connectivity index (χ4v) is 2.14. The zero-order valence-corrected chi connectivity index (χ0v) is 9.30. The molecule has 0 atom stereocenters. The number of aryl methyl sites for hydroxylation is 1. The normalized spacial score (nSPS) is 10.5. The van der Waals surface area contributed by atoms with Gasteiger partial charge >= 0.3 is 0 Å². The van der Waals surface area contributed by atoms with Crippen LogP contribution >= 0.6 is 11.3 Å². The van der Waals surface area contributed by atoms with Crippen LogP contribution < -0.4 is 5.56 Å². The molecule has 0 spiro atoms. The quantitative estimate of drug-likeness (QED) is 0.863. The number of hydrogen-bond acceptors (Lipinski definition) is 3. The van der Waals surface area contributed by atoms with Crippen LogP contribution in [0.15, 0.2) is 28.4 Å². The van der Waals surface area contributed by atoms with Crippen molar-refractivity contribution in [3.63, 3.8) is 0 Å². The number of hydrogen-bond donors (Lipinski definition) is 1. The van der Waals surface area contributed by atoms with Crippen LogP contribution in [0, 0.1) is 0 Å². The summed E-state index contributed by atoms with van der Waals surface area (Å²) >= 11 is 1.62. The standard InChI is InChI=1S/C11H12N2OS/c1-2-4-8-7-9(12-13-11(8)14)10-5-3-6-15-10/h3,5-7H,2,4H2,1H3,(H,13,14). The Bertz CT molecular complexity index is 488. The highest BCUT2D eigenvalue weighted by Gasteiger charge is 2.04. The van der Waals surface area contributed by atoms with Gasteiger partial charge in [0.05, 0.1) is 4.88 Å². The average Bonchev–Trinajstić information content (AvgIpc) is 2.75. The molecule has 2 aromatic rings. The summed E-state index contributed by atoms with van der Waals surface area (Å²) in [4.78, 5) is 12.5. The fourth-order valence-electron chi connectivity index (χ4n) is 1.45. The number of aromatic amines is 1. The molecule has 0 aliphatic rings. The number of thiophene rings is 1. The van der Waals surface area contributed by atoms with Crippen molar-refractivity contribution in [2.24, 2.45) is 0 Å². The maximum Gasteiger partial charge on any atom is 0.267 e. The highest BCUT2D eigenvalue weighted by atomic mass is 32.1. The maximum atomic E-state index is 11.4. The van der Waals surface area contributed by atoms with Gasteiger partial charge in [-0.3, -0.25) is 4.79 Å². The molecule has 3 nitrogen and oxygen atoms in total. The summed E-state index contributed by atoms with van der Waals surface area (Å²) in [5.74, 6) is 0. The minimum atomic E-state index is -0.0721. The Labute approximate surface area is 91.8 Å². The van der Waals surface area contributed by atoms with Gasteiger partial charge in [0, 0.05) is 5.56 Å². The summed E-state index contributed by atoms with van der Waals surface area (Å²) in [6, 6.07) is 5.86. The van der Waals surface area contributed by atoms with Crippen molar-refractivity contribution in [1.29, 1.82) is 0 Å². The smallest absolute Gasteiger partial charge is 0.267 e. The molecule has 0 aromatic carbocycles. The van der Waals surface area contributed by atoms with E-state index in [0.717, 1.165) is 29.0 Å². The molecule has 0 amide bonds. The first-order valence-corrected chi connectivity index (χ1v) is 5.81. The molecule has 1 N–H and O–H groups in total. The van der Waals surface area contributed by atoms with Crippen molar-refractivity contribution in [1.82, 2.24) is 10.2 Å². The molecule has 2 rings (SSSR count). The van der Waals surface area contributed by atoms with Gasteiger partial charge in [0.2, 0.25) is 0 Å². The first kappa shape index (κ1) is 10.1. The Hall–Kier alpha value is -1.42. The third-order valence-corrected chi connectivity index (χ3v) is 3.07. The lowest BCUT2D eigenvalue weighted by molar-refractivity contribution is 0.872. The number of nitrogens with one attached hydrogen (secondary N) is 1. The van der Waals surface area contributed by atoms with Gasteiger partial charge < -0.3 is 0 Å². The first-order chi connectivity index (χ1) is 7.31. The van der Waals surface area contributed by atoms with Crippen molar-refractivity contribution in [2.45, 2.75) is 19.8 Å². The molecule has 2 aromatic heterocycles. The van der Waals surface area contributed by atoms with Gasteiger partial charge in [0.1, 0.15) is 5.69 Å². The van der Waals surface area contributed by atoms with Gasteiger partial charge in [-0.1, -0.05) is 19.4 Å². The number of rotatable bonds is 3. The second-order valence-corrected chi connectivity index (χ2v) is 4.28. The van der Waals surface area contributed by atoms with E-state index in [2.05, 4.69) is 17.1 Å². The van der Waals surface area contributed by atoms with Crippen LogP contribution in [0.2, 0.25) is 0 Å². The lowest BCUT2D eigenvalue weighted by Gasteiger charge is -1.99. The monoisotopic (exact) mass is 220 g/mol. The van der Waals surface area contributed by atoms with Crippen LogP contribution in [0.1, 0.15) is 18.9 Å². The van der Waals surface area contributed by atoms with Gasteiger partial charge in [-0.15, -0.1) is 11.3 Å². The predicted octanol–water partition coefficient (Wildman–Crippen LogP) is 2.45. The molecule has 0 radical (unpaired) electrons. The molecule has 78 valence electrons. The fraction of sp³-hybridized carbons (Fsp3) is 0.273. The molecule has 0 saturated heterocycles. The Morgan fingerprint density at radius 3 is 3.07 bits per heavy atom. The van der Waals surface area contributed by atoms with Gasteiger partial charge in [-0.25, -0.2) is 5.10 Å². The molecular formula is C11H12N2OS. The number of nitrogens with zero attached hydrogens (tertiary/aromatic N) is 1. The Morgan fingerprint density at radius 1 is 1.53 bits per heavy atom. The van der Waals surface area contributed by atoms with E-state index in [-0.39, 0.29) is 5.56 Å². The third kappa shape index (κ3) is 2.15. The average molecular weight is 220 g/mol. The molecule has 0 unspecified atom stereocenters. The molecule has 0 saturated carbocycles. The summed E-state index contributed by atoms with van der Waals surface area (Å²) in [7, 11) is 0. The minimum absolute atomic E-state index is 0.0721. The van der Waals surface area contributed by atoms with Gasteiger partial charge in [-0.05, 0) is 23.9 Å². The molecule has 4 heteroatoms. The lowest BCUT2D eigenvalue weighted by Crippen LogP contribution is -2.14. The molecule has 0 aliphatic carbocycles. The molecule has 0 aliphatic heterocycles. The van der Waals surface area contributed by atoms with E-state index in [1.807, 2.05) is 23.6 Å². The van der Waals surface area contributed by atoms with Crippen molar-refractivity contribution < 1.29 is 0 Å². The predicted molar refractivity (Wildman–Crippen MR) is 62.2 cm³/mol. The molecular weight excluding hydrogens is 208 g/mol. The van der Waals surface area contributed by atoms with Crippen molar-refractivity contribution >= 4 is 11.3 Å². The minimum Gasteiger partial charge on any atom is -0.268 e. The van der Waals surface area contributed by atoms with E-state index in [9.17, 15) is 4.79 Å². The van der Waals surface area contributed by atoms with Crippen LogP contribution in [0.3, 0.4) is 0 Å². The van der Waals surface area contributed by atoms with Crippen molar-refractivity contribution in [2.75, 3.05) is 0 Å². The van der Waals surface area contributed by atoms with Crippen LogP contribution in [0.5, 0.6) is 0 Å². The van der Waals surface area contributed by atoms with Crippen LogP contribution in [0.4, 0.5) is 0 Å². The van der Waals surface area contributed by atoms with Crippen LogP contribution in [-0.4, -0.2) is 10.2 Å². The SMILES string of the molecule is CCCc1cc(-c2cccs2)n[nH]c1=O. The van der Waals surface area contributed by atoms with E-state index in [1.165, 1.54) is 0 Å².